The third-order valence-corrected chi connectivity index (χ3v) is 8.72. The summed E-state index contributed by atoms with van der Waals surface area (Å²) in [6.45, 7) is 1.98. The summed E-state index contributed by atoms with van der Waals surface area (Å²) in [6.07, 6.45) is -4.54. The van der Waals surface area contributed by atoms with E-state index in [2.05, 4.69) is 5.32 Å². The van der Waals surface area contributed by atoms with Crippen LogP contribution in [0, 0.1) is 17.2 Å². The van der Waals surface area contributed by atoms with Crippen LogP contribution >= 0.6 is 34.7 Å². The Bertz CT molecular complexity index is 1470. The van der Waals surface area contributed by atoms with Crippen LogP contribution in [0.1, 0.15) is 33.6 Å². The summed E-state index contributed by atoms with van der Waals surface area (Å²) in [5.74, 6) is -5.67. The molecule has 0 unspecified atom stereocenters. The van der Waals surface area contributed by atoms with Gasteiger partial charge in [0.25, 0.3) is 0 Å². The SMILES string of the molecule is CCc1ccc(NC(=O)CSC2=C(C#N)[C@@H](c3ccccc3Cl)[C@@H](C(=O)c3cccs3)[C@](O)(C(F)(F)F)N2)cc1. The molecule has 0 aliphatic carbocycles. The van der Waals surface area contributed by atoms with Gasteiger partial charge in [-0.15, -0.1) is 11.3 Å². The first kappa shape index (κ1) is 29.7. The summed E-state index contributed by atoms with van der Waals surface area (Å²) in [4.78, 5) is 26.2. The predicted molar refractivity (Wildman–Crippen MR) is 150 cm³/mol. The number of aryl methyl sites for hydroxylation is 1. The smallest absolute Gasteiger partial charge is 0.363 e. The van der Waals surface area contributed by atoms with Gasteiger partial charge in [-0.1, -0.05) is 66.7 Å². The summed E-state index contributed by atoms with van der Waals surface area (Å²) in [5, 5.41) is 27.3. The molecule has 3 N–H and O–H groups in total. The predicted octanol–water partition coefficient (Wildman–Crippen LogP) is 6.51. The largest absolute Gasteiger partial charge is 0.437 e. The second-order valence-corrected chi connectivity index (χ2v) is 11.3. The molecule has 2 heterocycles. The van der Waals surface area contributed by atoms with Crippen LogP contribution in [0.5, 0.6) is 0 Å². The van der Waals surface area contributed by atoms with Gasteiger partial charge in [-0.25, -0.2) is 0 Å². The normalized spacial score (nSPS) is 20.9. The number of nitriles is 1. The Hall–Kier alpha value is -3.30. The summed E-state index contributed by atoms with van der Waals surface area (Å²) in [7, 11) is 0. The van der Waals surface area contributed by atoms with Crippen molar-refractivity contribution in [2.75, 3.05) is 11.1 Å². The van der Waals surface area contributed by atoms with Gasteiger partial charge in [0.15, 0.2) is 5.78 Å². The fourth-order valence-corrected chi connectivity index (χ4v) is 6.34. The van der Waals surface area contributed by atoms with Gasteiger partial charge in [0.1, 0.15) is 0 Å². The number of carbonyl (C=O) groups is 2. The maximum absolute atomic E-state index is 14.6. The van der Waals surface area contributed by atoms with Crippen molar-refractivity contribution in [2.45, 2.75) is 31.2 Å². The minimum Gasteiger partial charge on any atom is -0.363 e. The summed E-state index contributed by atoms with van der Waals surface area (Å²) >= 11 is 7.91. The highest BCUT2D eigenvalue weighted by molar-refractivity contribution is 8.03. The van der Waals surface area contributed by atoms with Crippen LogP contribution in [0.15, 0.2) is 76.6 Å². The molecule has 12 heteroatoms. The lowest BCUT2D eigenvalue weighted by atomic mass is 9.70. The highest BCUT2D eigenvalue weighted by Gasteiger charge is 2.66. The van der Waals surface area contributed by atoms with Crippen molar-refractivity contribution in [3.63, 3.8) is 0 Å². The lowest BCUT2D eigenvalue weighted by molar-refractivity contribution is -0.285. The van der Waals surface area contributed by atoms with Crippen LogP contribution < -0.4 is 10.6 Å². The van der Waals surface area contributed by atoms with Gasteiger partial charge in [0.05, 0.1) is 33.2 Å². The van der Waals surface area contributed by atoms with Crippen LogP contribution in [0.2, 0.25) is 5.02 Å². The van der Waals surface area contributed by atoms with Gasteiger partial charge in [0.2, 0.25) is 11.6 Å². The van der Waals surface area contributed by atoms with Gasteiger partial charge in [-0.3, -0.25) is 9.59 Å². The molecule has 1 amide bonds. The number of anilines is 1. The number of hydrogen-bond donors (Lipinski definition) is 3. The maximum Gasteiger partial charge on any atom is 0.437 e. The van der Waals surface area contributed by atoms with E-state index in [4.69, 9.17) is 11.6 Å². The van der Waals surface area contributed by atoms with Crippen molar-refractivity contribution in [1.82, 2.24) is 5.32 Å². The third-order valence-electron chi connectivity index (χ3n) is 6.48. The molecule has 4 rings (SSSR count). The van der Waals surface area contributed by atoms with E-state index in [9.17, 15) is 33.1 Å². The van der Waals surface area contributed by atoms with Crippen LogP contribution in [0.25, 0.3) is 0 Å². The lowest BCUT2D eigenvalue weighted by Crippen LogP contribution is -2.66. The third kappa shape index (κ3) is 5.90. The monoisotopic (exact) mass is 605 g/mol. The molecule has 0 saturated carbocycles. The standard InChI is InChI=1S/C28H23ClF3N3O3S2/c1-2-16-9-11-17(12-10-16)34-22(36)15-40-26-19(14-33)23(18-6-3-4-7-20(18)29)24(25(37)21-8-5-13-39-21)27(38,35-26)28(30,31)32/h3-13,23-24,35,38H,2,15H2,1H3,(H,34,36)/t23-,24+,27+/m1/s1. The first-order valence-corrected chi connectivity index (χ1v) is 14.3. The average molecular weight is 606 g/mol. The summed E-state index contributed by atoms with van der Waals surface area (Å²) in [5.41, 5.74) is -2.39. The molecule has 0 spiro atoms. The zero-order chi connectivity index (χ0) is 29.1. The van der Waals surface area contributed by atoms with Gasteiger partial charge in [-0.05, 0) is 47.2 Å². The number of thiophene rings is 1. The molecule has 0 fully saturated rings. The Balaban J connectivity index is 1.77. The molecule has 208 valence electrons. The second-order valence-electron chi connectivity index (χ2n) is 8.95. The fraction of sp³-hybridized carbons (Fsp3) is 0.250. The van der Waals surface area contributed by atoms with Gasteiger partial charge < -0.3 is 15.7 Å². The highest BCUT2D eigenvalue weighted by Crippen LogP contribution is 2.52. The van der Waals surface area contributed by atoms with Crippen molar-refractivity contribution in [3.05, 3.63) is 97.7 Å². The van der Waals surface area contributed by atoms with Crippen molar-refractivity contribution >= 4 is 52.1 Å². The number of thioether (sulfide) groups is 1. The Kier molecular flexibility index (Phi) is 8.95. The average Bonchev–Trinajstić information content (AvgIpc) is 3.46. The van der Waals surface area contributed by atoms with Crippen LogP contribution in [-0.2, 0) is 11.2 Å². The first-order chi connectivity index (χ1) is 19.0. The molecule has 0 saturated heterocycles. The maximum atomic E-state index is 14.6. The Labute approximate surface area is 241 Å². The number of Topliss-reactive ketones (excluding diaryl/α,β-unsaturated/α-hetero) is 1. The molecule has 1 aromatic heterocycles. The number of ketones is 1. The molecule has 1 aliphatic heterocycles. The minimum atomic E-state index is -5.35. The minimum absolute atomic E-state index is 0.0200. The van der Waals surface area contributed by atoms with Crippen molar-refractivity contribution in [2.24, 2.45) is 5.92 Å². The molecule has 0 bridgehead atoms. The Morgan fingerprint density at radius 3 is 2.45 bits per heavy atom. The number of hydrogen-bond acceptors (Lipinski definition) is 7. The number of nitrogens with one attached hydrogen (secondary N) is 2. The van der Waals surface area contributed by atoms with Crippen LogP contribution in [0.3, 0.4) is 0 Å². The van der Waals surface area contributed by atoms with Gasteiger partial charge in [-0.2, -0.15) is 18.4 Å². The van der Waals surface area contributed by atoms with E-state index in [1.807, 2.05) is 30.4 Å². The Morgan fingerprint density at radius 1 is 1.18 bits per heavy atom. The van der Waals surface area contributed by atoms with Crippen LogP contribution in [-0.4, -0.2) is 34.5 Å². The van der Waals surface area contributed by atoms with Crippen molar-refractivity contribution in [1.29, 1.82) is 5.26 Å². The zero-order valence-corrected chi connectivity index (χ0v) is 23.3. The number of halogens is 4. The number of amides is 1. The molecule has 3 aromatic rings. The summed E-state index contributed by atoms with van der Waals surface area (Å²) in [6, 6.07) is 17.8. The van der Waals surface area contributed by atoms with E-state index in [0.717, 1.165) is 23.3 Å². The second kappa shape index (κ2) is 12.1. The van der Waals surface area contributed by atoms with E-state index in [-0.39, 0.29) is 31.8 Å². The quantitative estimate of drug-likeness (QED) is 0.253. The number of nitrogens with zero attached hydrogens (tertiary/aromatic N) is 1. The highest BCUT2D eigenvalue weighted by atomic mass is 35.5. The zero-order valence-electron chi connectivity index (χ0n) is 21.0. The van der Waals surface area contributed by atoms with Crippen molar-refractivity contribution in [3.8, 4) is 6.07 Å². The number of benzene rings is 2. The molecular formula is C28H23ClF3N3O3S2. The van der Waals surface area contributed by atoms with Crippen LogP contribution in [0.4, 0.5) is 18.9 Å². The molecule has 3 atom stereocenters. The topological polar surface area (TPSA) is 102 Å². The molecule has 1 aliphatic rings. The first-order valence-electron chi connectivity index (χ1n) is 12.1. The fourth-order valence-electron chi connectivity index (χ4n) is 4.48. The number of carbonyl (C=O) groups excluding carboxylic acids is 2. The van der Waals surface area contributed by atoms with E-state index < -0.39 is 35.4 Å². The molecule has 0 radical (unpaired) electrons. The number of rotatable bonds is 8. The Morgan fingerprint density at radius 2 is 1.88 bits per heavy atom. The molecule has 6 nitrogen and oxygen atoms in total. The lowest BCUT2D eigenvalue weighted by Gasteiger charge is -2.45. The molecule has 40 heavy (non-hydrogen) atoms. The number of allylic oxidation sites excluding steroid dienone is 1. The summed E-state index contributed by atoms with van der Waals surface area (Å²) < 4.78 is 43.9. The van der Waals surface area contributed by atoms with Gasteiger partial charge in [0, 0.05) is 16.6 Å². The van der Waals surface area contributed by atoms with E-state index in [1.165, 1.54) is 35.7 Å². The molecule has 2 aromatic carbocycles. The number of aliphatic hydroxyl groups is 1. The van der Waals surface area contributed by atoms with Gasteiger partial charge >= 0.3 is 6.18 Å². The van der Waals surface area contributed by atoms with Crippen molar-refractivity contribution < 1.29 is 27.9 Å². The number of alkyl halides is 3. The van der Waals surface area contributed by atoms with E-state index >= 15 is 0 Å². The van der Waals surface area contributed by atoms with E-state index in [1.54, 1.807) is 18.2 Å². The molecular weight excluding hydrogens is 583 g/mol. The van der Waals surface area contributed by atoms with E-state index in [0.29, 0.717) is 17.4 Å².